The van der Waals surface area contributed by atoms with E-state index in [1.54, 1.807) is 10.6 Å². The molecule has 0 spiro atoms. The first-order valence-corrected chi connectivity index (χ1v) is 7.13. The Hall–Kier alpha value is -2.47. The van der Waals surface area contributed by atoms with Crippen LogP contribution in [0.25, 0.3) is 28.3 Å². The van der Waals surface area contributed by atoms with Crippen molar-refractivity contribution in [3.05, 3.63) is 63.7 Å². The van der Waals surface area contributed by atoms with Gasteiger partial charge >= 0.3 is 0 Å². The fraction of sp³-hybridized carbons (Fsp3) is 0. The van der Waals surface area contributed by atoms with Crippen LogP contribution in [-0.2, 0) is 0 Å². The Morgan fingerprint density at radius 3 is 2.90 bits per heavy atom. The van der Waals surface area contributed by atoms with E-state index in [9.17, 15) is 4.79 Å². The second kappa shape index (κ2) is 4.53. The molecule has 0 radical (unpaired) electrons. The average Bonchev–Trinajstić information content (AvgIpc) is 2.91. The largest absolute Gasteiger partial charge is 0.321 e. The maximum Gasteiger partial charge on any atom is 0.258 e. The Bertz CT molecular complexity index is 988. The summed E-state index contributed by atoms with van der Waals surface area (Å²) in [6.07, 6.45) is 5.35. The first-order chi connectivity index (χ1) is 10.2. The van der Waals surface area contributed by atoms with Gasteiger partial charge in [-0.3, -0.25) is 9.20 Å². The molecule has 3 heterocycles. The smallest absolute Gasteiger partial charge is 0.258 e. The predicted molar refractivity (Wildman–Crippen MR) is 83.4 cm³/mol. The summed E-state index contributed by atoms with van der Waals surface area (Å²) in [4.78, 5) is 23.8. The third-order valence-electron chi connectivity index (χ3n) is 3.32. The molecule has 0 bridgehead atoms. The Kier molecular flexibility index (Phi) is 2.65. The Morgan fingerprint density at radius 2 is 2.00 bits per heavy atom. The van der Waals surface area contributed by atoms with E-state index in [4.69, 9.17) is 0 Å². The van der Waals surface area contributed by atoms with Crippen molar-refractivity contribution in [2.75, 3.05) is 0 Å². The molecule has 4 rings (SSSR count). The Balaban J connectivity index is 2.02. The highest BCUT2D eigenvalue weighted by molar-refractivity contribution is 9.10. The van der Waals surface area contributed by atoms with Crippen LogP contribution in [0.1, 0.15) is 0 Å². The summed E-state index contributed by atoms with van der Waals surface area (Å²) in [6.45, 7) is 0. The topological polar surface area (TPSA) is 63.0 Å². The number of H-pyrrole nitrogens is 1. The summed E-state index contributed by atoms with van der Waals surface area (Å²) >= 11 is 3.37. The van der Waals surface area contributed by atoms with E-state index in [2.05, 4.69) is 30.9 Å². The van der Waals surface area contributed by atoms with Crippen LogP contribution in [0, 0.1) is 0 Å². The number of aromatic nitrogens is 4. The molecule has 5 nitrogen and oxygen atoms in total. The van der Waals surface area contributed by atoms with Gasteiger partial charge in [0.25, 0.3) is 5.56 Å². The fourth-order valence-corrected chi connectivity index (χ4v) is 2.74. The normalized spacial score (nSPS) is 11.3. The lowest BCUT2D eigenvalue weighted by Gasteiger charge is -1.94. The molecule has 1 N–H and O–H groups in total. The van der Waals surface area contributed by atoms with E-state index >= 15 is 0 Å². The summed E-state index contributed by atoms with van der Waals surface area (Å²) in [5, 5.41) is 0. The number of rotatable bonds is 1. The number of imidazole rings is 1. The van der Waals surface area contributed by atoms with Crippen molar-refractivity contribution in [1.29, 1.82) is 0 Å². The first-order valence-electron chi connectivity index (χ1n) is 6.34. The third kappa shape index (κ3) is 1.95. The van der Waals surface area contributed by atoms with Gasteiger partial charge in [0.2, 0.25) is 5.78 Å². The lowest BCUT2D eigenvalue weighted by molar-refractivity contribution is 1.10. The average molecular weight is 341 g/mol. The molecule has 2 aromatic rings. The van der Waals surface area contributed by atoms with Crippen LogP contribution >= 0.6 is 15.9 Å². The van der Waals surface area contributed by atoms with Gasteiger partial charge in [-0.25, -0.2) is 9.97 Å². The number of hydrogen-bond acceptors (Lipinski definition) is 3. The highest BCUT2D eigenvalue weighted by atomic mass is 79.9. The summed E-state index contributed by atoms with van der Waals surface area (Å²) in [5.74, 6) is 0.558. The number of nitrogens with zero attached hydrogens (tertiary/aromatic N) is 3. The van der Waals surface area contributed by atoms with Crippen molar-refractivity contribution in [2.45, 2.75) is 0 Å². The summed E-state index contributed by atoms with van der Waals surface area (Å²) in [7, 11) is 0. The van der Waals surface area contributed by atoms with E-state index in [1.807, 2.05) is 42.7 Å². The van der Waals surface area contributed by atoms with Crippen molar-refractivity contribution < 1.29 is 0 Å². The molecule has 0 amide bonds. The Morgan fingerprint density at radius 1 is 1.14 bits per heavy atom. The van der Waals surface area contributed by atoms with E-state index in [0.717, 1.165) is 15.7 Å². The zero-order chi connectivity index (χ0) is 14.4. The number of halogens is 1. The molecule has 21 heavy (non-hydrogen) atoms. The summed E-state index contributed by atoms with van der Waals surface area (Å²) < 4.78 is 2.65. The SMILES string of the molecule is O=c1[nH]c2cccccc-2c1-c1cn2cc(Br)cnc2n1. The Labute approximate surface area is 127 Å². The third-order valence-corrected chi connectivity index (χ3v) is 3.73. The highest BCUT2D eigenvalue weighted by Crippen LogP contribution is 2.28. The van der Waals surface area contributed by atoms with Crippen LogP contribution < -0.4 is 5.56 Å². The van der Waals surface area contributed by atoms with Gasteiger partial charge < -0.3 is 4.98 Å². The van der Waals surface area contributed by atoms with Gasteiger partial charge in [0.05, 0.1) is 15.7 Å². The maximum atomic E-state index is 12.3. The van der Waals surface area contributed by atoms with Gasteiger partial charge in [0, 0.05) is 29.8 Å². The lowest BCUT2D eigenvalue weighted by Crippen LogP contribution is -2.00. The molecule has 1 aliphatic heterocycles. The van der Waals surface area contributed by atoms with Crippen molar-refractivity contribution in [3.8, 4) is 22.5 Å². The summed E-state index contributed by atoms with van der Waals surface area (Å²) in [5.41, 5.74) is 2.70. The number of aromatic amines is 1. The van der Waals surface area contributed by atoms with E-state index in [0.29, 0.717) is 17.0 Å². The molecular weight excluding hydrogens is 332 g/mol. The van der Waals surface area contributed by atoms with Gasteiger partial charge in [-0.1, -0.05) is 24.3 Å². The molecule has 0 saturated carbocycles. The van der Waals surface area contributed by atoms with Gasteiger partial charge in [-0.2, -0.15) is 0 Å². The molecule has 0 unspecified atom stereocenters. The minimum atomic E-state index is -0.140. The van der Waals surface area contributed by atoms with Crippen molar-refractivity contribution in [2.24, 2.45) is 0 Å². The van der Waals surface area contributed by atoms with Crippen LogP contribution in [-0.4, -0.2) is 19.4 Å². The molecule has 1 aliphatic carbocycles. The van der Waals surface area contributed by atoms with Gasteiger partial charge in [0.15, 0.2) is 0 Å². The van der Waals surface area contributed by atoms with Crippen LogP contribution in [0.4, 0.5) is 0 Å². The van der Waals surface area contributed by atoms with Gasteiger partial charge in [-0.05, 0) is 22.0 Å². The minimum absolute atomic E-state index is 0.140. The molecule has 6 heteroatoms. The highest BCUT2D eigenvalue weighted by Gasteiger charge is 2.18. The van der Waals surface area contributed by atoms with Crippen molar-refractivity contribution >= 4 is 21.7 Å². The van der Waals surface area contributed by atoms with Crippen molar-refractivity contribution in [3.63, 3.8) is 0 Å². The number of nitrogens with one attached hydrogen (secondary N) is 1. The van der Waals surface area contributed by atoms with E-state index in [1.165, 1.54) is 0 Å². The van der Waals surface area contributed by atoms with E-state index in [-0.39, 0.29) is 5.56 Å². The van der Waals surface area contributed by atoms with Crippen molar-refractivity contribution in [1.82, 2.24) is 19.4 Å². The van der Waals surface area contributed by atoms with E-state index < -0.39 is 0 Å². The summed E-state index contributed by atoms with van der Waals surface area (Å²) in [6, 6.07) is 9.51. The molecule has 2 aliphatic rings. The monoisotopic (exact) mass is 340 g/mol. The zero-order valence-corrected chi connectivity index (χ0v) is 12.3. The quantitative estimate of drug-likeness (QED) is 0.579. The van der Waals surface area contributed by atoms with Crippen LogP contribution in [0.3, 0.4) is 0 Å². The molecule has 2 aromatic heterocycles. The van der Waals surface area contributed by atoms with Gasteiger partial charge in [0.1, 0.15) is 0 Å². The lowest BCUT2D eigenvalue weighted by atomic mass is 10.1. The molecule has 102 valence electrons. The van der Waals surface area contributed by atoms with Crippen LogP contribution in [0.15, 0.2) is 58.2 Å². The minimum Gasteiger partial charge on any atom is -0.321 e. The molecule has 0 atom stereocenters. The first kappa shape index (κ1) is 12.3. The fourth-order valence-electron chi connectivity index (χ4n) is 2.42. The molecule has 0 aromatic carbocycles. The second-order valence-corrected chi connectivity index (χ2v) is 5.59. The molecule has 0 fully saturated rings. The number of fused-ring (bicyclic) bond motifs is 2. The maximum absolute atomic E-state index is 12.3. The standard InChI is InChI=1S/C15H9BrN4O/c16-9-6-17-15-19-12(8-20(15)7-9)13-10-4-2-1-3-5-11(10)18-14(13)21/h1-8H,(H,18,21). The van der Waals surface area contributed by atoms with Crippen LogP contribution in [0.2, 0.25) is 0 Å². The number of hydrogen-bond donors (Lipinski definition) is 1. The zero-order valence-electron chi connectivity index (χ0n) is 10.7. The molecular formula is C15H9BrN4O. The molecule has 0 saturated heterocycles. The van der Waals surface area contributed by atoms with Gasteiger partial charge in [-0.15, -0.1) is 0 Å². The predicted octanol–water partition coefficient (Wildman–Crippen LogP) is 2.95. The second-order valence-electron chi connectivity index (χ2n) is 4.67. The van der Waals surface area contributed by atoms with Crippen LogP contribution in [0.5, 0.6) is 0 Å².